The van der Waals surface area contributed by atoms with Crippen molar-refractivity contribution in [3.63, 3.8) is 0 Å². The molecular formula is C15H22O3. The van der Waals surface area contributed by atoms with Gasteiger partial charge in [-0.05, 0) is 32.8 Å². The highest BCUT2D eigenvalue weighted by atomic mass is 16.5. The minimum atomic E-state index is -1.22. The SMILES string of the molecule is CCOC(=O)C(C)(C)C(O)(CC)c1ccccc1. The number of rotatable bonds is 5. The topological polar surface area (TPSA) is 46.5 Å². The summed E-state index contributed by atoms with van der Waals surface area (Å²) in [5.74, 6) is -0.377. The zero-order chi connectivity index (χ0) is 13.8. The van der Waals surface area contributed by atoms with Crippen LogP contribution in [-0.2, 0) is 15.1 Å². The third-order valence-electron chi connectivity index (χ3n) is 3.58. The molecule has 1 aromatic carbocycles. The predicted molar refractivity (Wildman–Crippen MR) is 71.0 cm³/mol. The molecule has 0 heterocycles. The Morgan fingerprint density at radius 1 is 1.22 bits per heavy atom. The first-order valence-electron chi connectivity index (χ1n) is 6.35. The largest absolute Gasteiger partial charge is 0.465 e. The number of carbonyl (C=O) groups excluding carboxylic acids is 1. The maximum Gasteiger partial charge on any atom is 0.314 e. The van der Waals surface area contributed by atoms with Crippen molar-refractivity contribution in [1.29, 1.82) is 0 Å². The Kier molecular flexibility index (Phi) is 4.52. The highest BCUT2D eigenvalue weighted by molar-refractivity contribution is 5.78. The molecule has 0 aromatic heterocycles. The molecule has 100 valence electrons. The monoisotopic (exact) mass is 250 g/mol. The Morgan fingerprint density at radius 3 is 2.22 bits per heavy atom. The van der Waals surface area contributed by atoms with Crippen molar-refractivity contribution in [3.05, 3.63) is 35.9 Å². The number of aliphatic hydroxyl groups is 1. The second-order valence-corrected chi connectivity index (χ2v) is 4.93. The summed E-state index contributed by atoms with van der Waals surface area (Å²) in [4.78, 5) is 12.1. The lowest BCUT2D eigenvalue weighted by Gasteiger charge is -2.40. The van der Waals surface area contributed by atoms with Crippen molar-refractivity contribution in [2.45, 2.75) is 39.7 Å². The molecule has 1 unspecified atom stereocenters. The van der Waals surface area contributed by atoms with E-state index in [-0.39, 0.29) is 5.97 Å². The normalized spacial score (nSPS) is 14.9. The summed E-state index contributed by atoms with van der Waals surface area (Å²) in [5.41, 5.74) is -1.47. The number of carbonyl (C=O) groups is 1. The van der Waals surface area contributed by atoms with Crippen molar-refractivity contribution < 1.29 is 14.6 Å². The van der Waals surface area contributed by atoms with Gasteiger partial charge in [0.15, 0.2) is 0 Å². The molecule has 0 fully saturated rings. The van der Waals surface area contributed by atoms with Crippen molar-refractivity contribution in [2.24, 2.45) is 5.41 Å². The zero-order valence-electron chi connectivity index (χ0n) is 11.6. The van der Waals surface area contributed by atoms with E-state index >= 15 is 0 Å². The van der Waals surface area contributed by atoms with Gasteiger partial charge >= 0.3 is 5.97 Å². The van der Waals surface area contributed by atoms with Gasteiger partial charge in [-0.25, -0.2) is 0 Å². The van der Waals surface area contributed by atoms with Crippen LogP contribution >= 0.6 is 0 Å². The average molecular weight is 250 g/mol. The molecule has 0 aliphatic carbocycles. The highest BCUT2D eigenvalue weighted by Crippen LogP contribution is 2.43. The second-order valence-electron chi connectivity index (χ2n) is 4.93. The van der Waals surface area contributed by atoms with E-state index in [0.717, 1.165) is 5.56 Å². The van der Waals surface area contributed by atoms with Crippen molar-refractivity contribution >= 4 is 5.97 Å². The third kappa shape index (κ3) is 2.41. The van der Waals surface area contributed by atoms with Gasteiger partial charge in [0, 0.05) is 0 Å². The first kappa shape index (κ1) is 14.7. The molecule has 1 atom stereocenters. The molecule has 3 heteroatoms. The number of esters is 1. The standard InChI is InChI=1S/C15H22O3/c1-5-15(17,12-10-8-7-9-11-12)14(3,4)13(16)18-6-2/h7-11,17H,5-6H2,1-4H3. The van der Waals surface area contributed by atoms with E-state index in [2.05, 4.69) is 0 Å². The minimum absolute atomic E-state index is 0.316. The Morgan fingerprint density at radius 2 is 1.78 bits per heavy atom. The number of benzene rings is 1. The quantitative estimate of drug-likeness (QED) is 0.817. The van der Waals surface area contributed by atoms with Gasteiger partial charge < -0.3 is 9.84 Å². The van der Waals surface area contributed by atoms with Crippen LogP contribution in [0.15, 0.2) is 30.3 Å². The lowest BCUT2D eigenvalue weighted by molar-refractivity contribution is -0.173. The molecule has 0 bridgehead atoms. The molecule has 1 N–H and O–H groups in total. The summed E-state index contributed by atoms with van der Waals surface area (Å²) in [7, 11) is 0. The molecule has 0 spiro atoms. The summed E-state index contributed by atoms with van der Waals surface area (Å²) < 4.78 is 5.08. The molecule has 0 saturated carbocycles. The van der Waals surface area contributed by atoms with Crippen molar-refractivity contribution in [2.75, 3.05) is 6.61 Å². The molecule has 1 aromatic rings. The summed E-state index contributed by atoms with van der Waals surface area (Å²) in [6.45, 7) is 7.40. The Bertz CT molecular complexity index is 397. The second kappa shape index (κ2) is 5.53. The summed E-state index contributed by atoms with van der Waals surface area (Å²) in [6.07, 6.45) is 0.447. The Balaban J connectivity index is 3.19. The smallest absolute Gasteiger partial charge is 0.314 e. The van der Waals surface area contributed by atoms with Gasteiger partial charge in [-0.2, -0.15) is 0 Å². The predicted octanol–water partition coefficient (Wildman–Crippen LogP) is 2.87. The number of hydrogen-bond donors (Lipinski definition) is 1. The van der Waals surface area contributed by atoms with Gasteiger partial charge in [-0.3, -0.25) is 4.79 Å². The van der Waals surface area contributed by atoms with Crippen LogP contribution in [0.2, 0.25) is 0 Å². The molecule has 0 amide bonds. The summed E-state index contributed by atoms with van der Waals surface area (Å²) in [6, 6.07) is 9.28. The van der Waals surface area contributed by atoms with E-state index in [1.54, 1.807) is 20.8 Å². The fourth-order valence-corrected chi connectivity index (χ4v) is 2.20. The molecule has 1 rings (SSSR count). The summed E-state index contributed by atoms with van der Waals surface area (Å²) in [5, 5.41) is 10.9. The van der Waals surface area contributed by atoms with Crippen LogP contribution in [0.1, 0.15) is 39.7 Å². The van der Waals surface area contributed by atoms with Crippen LogP contribution in [0, 0.1) is 5.41 Å². The minimum Gasteiger partial charge on any atom is -0.465 e. The van der Waals surface area contributed by atoms with E-state index in [4.69, 9.17) is 4.74 Å². The zero-order valence-corrected chi connectivity index (χ0v) is 11.6. The van der Waals surface area contributed by atoms with Gasteiger partial charge in [0.1, 0.15) is 5.60 Å². The van der Waals surface area contributed by atoms with Crippen molar-refractivity contribution in [1.82, 2.24) is 0 Å². The van der Waals surface area contributed by atoms with Crippen LogP contribution in [0.5, 0.6) is 0 Å². The van der Waals surface area contributed by atoms with Gasteiger partial charge in [0.25, 0.3) is 0 Å². The summed E-state index contributed by atoms with van der Waals surface area (Å²) >= 11 is 0. The van der Waals surface area contributed by atoms with Gasteiger partial charge in [0.2, 0.25) is 0 Å². The fourth-order valence-electron chi connectivity index (χ4n) is 2.20. The molecule has 0 aliphatic heterocycles. The fraction of sp³-hybridized carbons (Fsp3) is 0.533. The van der Waals surface area contributed by atoms with Gasteiger partial charge in [-0.1, -0.05) is 37.3 Å². The van der Waals surface area contributed by atoms with Crippen LogP contribution in [0.4, 0.5) is 0 Å². The number of hydrogen-bond acceptors (Lipinski definition) is 3. The molecule has 0 radical (unpaired) electrons. The molecular weight excluding hydrogens is 228 g/mol. The van der Waals surface area contributed by atoms with E-state index in [1.165, 1.54) is 0 Å². The first-order valence-corrected chi connectivity index (χ1v) is 6.35. The lowest BCUT2D eigenvalue weighted by Crippen LogP contribution is -2.47. The van der Waals surface area contributed by atoms with Crippen LogP contribution in [0.3, 0.4) is 0 Å². The van der Waals surface area contributed by atoms with Crippen LogP contribution in [-0.4, -0.2) is 17.7 Å². The number of ether oxygens (including phenoxy) is 1. The van der Waals surface area contributed by atoms with Crippen LogP contribution < -0.4 is 0 Å². The Labute approximate surface area is 109 Å². The average Bonchev–Trinajstić information content (AvgIpc) is 2.38. The van der Waals surface area contributed by atoms with E-state index in [9.17, 15) is 9.90 Å². The van der Waals surface area contributed by atoms with Crippen LogP contribution in [0.25, 0.3) is 0 Å². The van der Waals surface area contributed by atoms with E-state index in [0.29, 0.717) is 13.0 Å². The molecule has 3 nitrogen and oxygen atoms in total. The Hall–Kier alpha value is -1.35. The van der Waals surface area contributed by atoms with Gasteiger partial charge in [-0.15, -0.1) is 0 Å². The molecule has 0 saturated heterocycles. The highest BCUT2D eigenvalue weighted by Gasteiger charge is 2.49. The van der Waals surface area contributed by atoms with E-state index in [1.807, 2.05) is 37.3 Å². The first-order chi connectivity index (χ1) is 8.40. The third-order valence-corrected chi connectivity index (χ3v) is 3.58. The van der Waals surface area contributed by atoms with Gasteiger partial charge in [0.05, 0.1) is 12.0 Å². The van der Waals surface area contributed by atoms with E-state index < -0.39 is 11.0 Å². The van der Waals surface area contributed by atoms with Crippen molar-refractivity contribution in [3.8, 4) is 0 Å². The lowest BCUT2D eigenvalue weighted by atomic mass is 9.69. The maximum atomic E-state index is 12.1. The maximum absolute atomic E-state index is 12.1. The molecule has 0 aliphatic rings. The molecule has 18 heavy (non-hydrogen) atoms.